The molecule has 0 bridgehead atoms. The lowest BCUT2D eigenvalue weighted by molar-refractivity contribution is -0.119. The Bertz CT molecular complexity index is 2230. The van der Waals surface area contributed by atoms with Gasteiger partial charge in [0.2, 0.25) is 11.8 Å². The van der Waals surface area contributed by atoms with Crippen molar-refractivity contribution in [3.8, 4) is 28.3 Å². The van der Waals surface area contributed by atoms with Gasteiger partial charge in [0, 0.05) is 56.3 Å². The Hall–Kier alpha value is -4.92. The molecule has 1 amide bonds. The van der Waals surface area contributed by atoms with Gasteiger partial charge in [0.05, 0.1) is 40.2 Å². The minimum atomic E-state index is -2.97. The number of aromatic nitrogens is 5. The Morgan fingerprint density at radius 1 is 1.02 bits per heavy atom. The number of fused-ring (bicyclic) bond motifs is 1. The topological polar surface area (TPSA) is 145 Å². The molecule has 0 saturated carbocycles. The normalized spacial score (nSPS) is 14.4. The molecule has 0 radical (unpaired) electrons. The number of pyridine rings is 1. The van der Waals surface area contributed by atoms with Gasteiger partial charge in [-0.2, -0.15) is 0 Å². The largest absolute Gasteiger partial charge is 0.480 e. The van der Waals surface area contributed by atoms with Crippen molar-refractivity contribution in [2.24, 2.45) is 14.1 Å². The first-order chi connectivity index (χ1) is 23.5. The van der Waals surface area contributed by atoms with E-state index in [2.05, 4.69) is 30.9 Å². The molecule has 1 aliphatic heterocycles. The van der Waals surface area contributed by atoms with Gasteiger partial charge in [0.1, 0.15) is 22.6 Å². The van der Waals surface area contributed by atoms with Crippen molar-refractivity contribution < 1.29 is 18.3 Å². The molecule has 16 heteroatoms. The van der Waals surface area contributed by atoms with E-state index in [4.69, 9.17) is 27.9 Å². The molecule has 49 heavy (non-hydrogen) atoms. The van der Waals surface area contributed by atoms with E-state index in [1.807, 2.05) is 0 Å². The summed E-state index contributed by atoms with van der Waals surface area (Å²) in [7, 11) is 4.17. The van der Waals surface area contributed by atoms with E-state index in [1.54, 1.807) is 42.6 Å². The van der Waals surface area contributed by atoms with Crippen molar-refractivity contribution >= 4 is 51.5 Å². The quantitative estimate of drug-likeness (QED) is 0.180. The molecule has 2 aromatic carbocycles. The standard InChI is InChI=1S/C33H30Cl2F2N8O4/c1-44-24-12-21(29(36)37)42-30(26(24)32(47)45(2)33(44)48)41-20-9-5-7-18(28(20)35)17-6-4-8-19(27(17)34)22-15-39-23(31(43-22)49-3)14-38-13-16-10-11-25(46)40-16/h4-9,12,15-16,29,38H,10-11,13-14H2,1-3H3,(H,40,46)(H,41,42). The Labute approximate surface area is 288 Å². The molecule has 0 aliphatic carbocycles. The fourth-order valence-electron chi connectivity index (χ4n) is 5.72. The van der Waals surface area contributed by atoms with Crippen molar-refractivity contribution in [2.45, 2.75) is 31.9 Å². The second kappa shape index (κ2) is 13.9. The monoisotopic (exact) mass is 710 g/mol. The van der Waals surface area contributed by atoms with E-state index >= 15 is 0 Å². The van der Waals surface area contributed by atoms with Crippen molar-refractivity contribution in [3.05, 3.63) is 90.9 Å². The van der Waals surface area contributed by atoms with Crippen molar-refractivity contribution in [1.29, 1.82) is 0 Å². The minimum Gasteiger partial charge on any atom is -0.480 e. The minimum absolute atomic E-state index is 0.00966. The predicted molar refractivity (Wildman–Crippen MR) is 183 cm³/mol. The predicted octanol–water partition coefficient (Wildman–Crippen LogP) is 5.12. The maximum Gasteiger partial charge on any atom is 0.330 e. The molecular formula is C33H30Cl2F2N8O4. The lowest BCUT2D eigenvalue weighted by Gasteiger charge is -2.17. The summed E-state index contributed by atoms with van der Waals surface area (Å²) < 4.78 is 35.3. The van der Waals surface area contributed by atoms with Crippen LogP contribution in [0.1, 0.15) is 30.7 Å². The third-order valence-electron chi connectivity index (χ3n) is 8.29. The molecule has 4 heterocycles. The Balaban J connectivity index is 1.33. The number of aryl methyl sites for hydroxylation is 1. The molecule has 3 N–H and O–H groups in total. The zero-order valence-electron chi connectivity index (χ0n) is 26.5. The number of anilines is 2. The Morgan fingerprint density at radius 3 is 2.43 bits per heavy atom. The van der Waals surface area contributed by atoms with Crippen LogP contribution in [0.15, 0.2) is 58.3 Å². The van der Waals surface area contributed by atoms with Gasteiger partial charge < -0.3 is 20.7 Å². The maximum absolute atomic E-state index is 13.9. The third-order valence-corrected chi connectivity index (χ3v) is 9.10. The molecule has 1 saturated heterocycles. The summed E-state index contributed by atoms with van der Waals surface area (Å²) in [5.74, 6) is 0.164. The van der Waals surface area contributed by atoms with Crippen LogP contribution in [0.2, 0.25) is 10.0 Å². The van der Waals surface area contributed by atoms with Crippen LogP contribution in [0.4, 0.5) is 20.3 Å². The van der Waals surface area contributed by atoms with Gasteiger partial charge in [-0.3, -0.25) is 23.7 Å². The summed E-state index contributed by atoms with van der Waals surface area (Å²) in [5, 5.41) is 9.56. The number of ether oxygens (including phenoxy) is 1. The summed E-state index contributed by atoms with van der Waals surface area (Å²) >= 11 is 13.9. The average Bonchev–Trinajstić information content (AvgIpc) is 3.51. The van der Waals surface area contributed by atoms with E-state index in [9.17, 15) is 23.2 Å². The number of methoxy groups -OCH3 is 1. The van der Waals surface area contributed by atoms with E-state index in [0.29, 0.717) is 58.5 Å². The number of rotatable bonds is 10. The summed E-state index contributed by atoms with van der Waals surface area (Å²) in [6, 6.07) is 11.4. The summed E-state index contributed by atoms with van der Waals surface area (Å²) in [6.45, 7) is 0.958. The molecule has 254 valence electrons. The van der Waals surface area contributed by atoms with Crippen LogP contribution in [0.3, 0.4) is 0 Å². The van der Waals surface area contributed by atoms with Crippen LogP contribution >= 0.6 is 23.2 Å². The van der Waals surface area contributed by atoms with Crippen LogP contribution in [0.5, 0.6) is 5.88 Å². The first-order valence-electron chi connectivity index (χ1n) is 15.1. The fraction of sp³-hybridized carbons (Fsp3) is 0.273. The van der Waals surface area contributed by atoms with E-state index in [-0.39, 0.29) is 39.4 Å². The summed E-state index contributed by atoms with van der Waals surface area (Å²) in [5.41, 5.74) is 0.848. The lowest BCUT2D eigenvalue weighted by Crippen LogP contribution is -2.37. The number of hydrogen-bond donors (Lipinski definition) is 3. The molecule has 0 spiro atoms. The summed E-state index contributed by atoms with van der Waals surface area (Å²) in [6.07, 6.45) is -0.0974. The number of halogens is 4. The zero-order chi connectivity index (χ0) is 35.0. The molecule has 6 rings (SSSR count). The molecule has 12 nitrogen and oxygen atoms in total. The molecule has 1 unspecified atom stereocenters. The lowest BCUT2D eigenvalue weighted by atomic mass is 10.0. The number of amides is 1. The number of benzene rings is 2. The molecule has 1 atom stereocenters. The van der Waals surface area contributed by atoms with Gasteiger partial charge in [0.25, 0.3) is 12.0 Å². The van der Waals surface area contributed by atoms with Crippen LogP contribution in [-0.2, 0) is 25.4 Å². The Morgan fingerprint density at radius 2 is 1.73 bits per heavy atom. The highest BCUT2D eigenvalue weighted by molar-refractivity contribution is 6.39. The third kappa shape index (κ3) is 6.58. The van der Waals surface area contributed by atoms with E-state index in [1.165, 1.54) is 21.2 Å². The van der Waals surface area contributed by atoms with E-state index in [0.717, 1.165) is 21.6 Å². The molecule has 1 fully saturated rings. The van der Waals surface area contributed by atoms with Crippen LogP contribution in [-0.4, -0.2) is 49.7 Å². The number of carbonyl (C=O) groups is 1. The smallest absolute Gasteiger partial charge is 0.330 e. The van der Waals surface area contributed by atoms with Crippen molar-refractivity contribution in [3.63, 3.8) is 0 Å². The van der Waals surface area contributed by atoms with Crippen molar-refractivity contribution in [1.82, 2.24) is 34.7 Å². The average molecular weight is 712 g/mol. The molecule has 3 aromatic heterocycles. The van der Waals surface area contributed by atoms with Crippen LogP contribution in [0.25, 0.3) is 33.3 Å². The van der Waals surface area contributed by atoms with Gasteiger partial charge in [-0.1, -0.05) is 53.5 Å². The second-order valence-corrected chi connectivity index (χ2v) is 12.2. The molecular weight excluding hydrogens is 681 g/mol. The highest BCUT2D eigenvalue weighted by Crippen LogP contribution is 2.42. The van der Waals surface area contributed by atoms with Gasteiger partial charge in [-0.15, -0.1) is 0 Å². The second-order valence-electron chi connectivity index (χ2n) is 11.4. The molecule has 1 aliphatic rings. The van der Waals surface area contributed by atoms with Gasteiger partial charge in [0.15, 0.2) is 0 Å². The first-order valence-corrected chi connectivity index (χ1v) is 15.9. The number of nitrogens with one attached hydrogen (secondary N) is 3. The van der Waals surface area contributed by atoms with Gasteiger partial charge in [-0.25, -0.2) is 23.5 Å². The number of nitrogens with zero attached hydrogens (tertiary/aromatic N) is 5. The van der Waals surface area contributed by atoms with Gasteiger partial charge in [-0.05, 0) is 18.6 Å². The maximum atomic E-state index is 13.9. The van der Waals surface area contributed by atoms with E-state index < -0.39 is 23.4 Å². The highest BCUT2D eigenvalue weighted by atomic mass is 35.5. The molecule has 5 aromatic rings. The zero-order valence-corrected chi connectivity index (χ0v) is 28.0. The van der Waals surface area contributed by atoms with Crippen LogP contribution in [0, 0.1) is 0 Å². The fourth-order valence-corrected chi connectivity index (χ4v) is 6.32. The summed E-state index contributed by atoms with van der Waals surface area (Å²) in [4.78, 5) is 50.4. The highest BCUT2D eigenvalue weighted by Gasteiger charge is 2.23. The Kier molecular flexibility index (Phi) is 9.63. The number of alkyl halides is 2. The number of hydrogen-bond acceptors (Lipinski definition) is 9. The number of carbonyl (C=O) groups excluding carboxylic acids is 1. The van der Waals surface area contributed by atoms with Gasteiger partial charge >= 0.3 is 5.69 Å². The first kappa shape index (κ1) is 34.0. The van der Waals surface area contributed by atoms with Crippen molar-refractivity contribution in [2.75, 3.05) is 19.0 Å². The SMILES string of the molecule is COc1nc(-c2cccc(-c3cccc(Nc4nc(C(F)F)cc5c4c(=O)n(C)c(=O)n5C)c3Cl)c2Cl)cnc1CNCC1CCC(=O)N1. The van der Waals surface area contributed by atoms with Crippen LogP contribution < -0.4 is 31.9 Å².